The molecule has 18 nitrogen and oxygen atoms in total. The van der Waals surface area contributed by atoms with Gasteiger partial charge in [-0.15, -0.1) is 10.2 Å². The fraction of sp³-hybridized carbons (Fsp3) is 0.137. The summed E-state index contributed by atoms with van der Waals surface area (Å²) in [6.45, 7) is 11.4. The minimum atomic E-state index is -4.81. The second kappa shape index (κ2) is 20.0. The van der Waals surface area contributed by atoms with E-state index in [9.17, 15) is 31.0 Å². The van der Waals surface area contributed by atoms with Crippen LogP contribution in [0.3, 0.4) is 0 Å². The van der Waals surface area contributed by atoms with Crippen molar-refractivity contribution in [3.8, 4) is 11.5 Å². The van der Waals surface area contributed by atoms with Gasteiger partial charge in [-0.25, -0.2) is 0 Å². The number of nitrogens with two attached hydrogens (primary N) is 1. The van der Waals surface area contributed by atoms with Crippen molar-refractivity contribution in [3.05, 3.63) is 155 Å². The maximum absolute atomic E-state index is 12.3. The van der Waals surface area contributed by atoms with Gasteiger partial charge in [0.05, 0.1) is 34.1 Å². The lowest BCUT2D eigenvalue weighted by atomic mass is 10.1. The topological polar surface area (TPSA) is 275 Å². The molecule has 8 aromatic rings. The van der Waals surface area contributed by atoms with E-state index in [2.05, 4.69) is 46.2 Å². The molecule has 0 unspecified atom stereocenters. The largest absolute Gasteiger partial charge is 0.505 e. The molecule has 0 saturated carbocycles. The number of hydrogen-bond acceptors (Lipinski definition) is 16. The molecule has 360 valence electrons. The molecule has 0 aliphatic carbocycles. The van der Waals surface area contributed by atoms with E-state index in [1.165, 1.54) is 12.1 Å². The van der Waals surface area contributed by atoms with E-state index in [1.807, 2.05) is 76.2 Å². The molecule has 0 heterocycles. The Hall–Kier alpha value is -8.30. The molecule has 0 fully saturated rings. The number of azo groups is 4. The van der Waals surface area contributed by atoms with Crippen LogP contribution in [0.4, 0.5) is 56.9 Å². The molecule has 0 saturated heterocycles. The highest BCUT2D eigenvalue weighted by Crippen LogP contribution is 2.40. The SMILES string of the molecule is Cc1cc(N=Nc2cc(C)c(N=Nc3ccc4cc(NCOc5ccc(N)cc5)ccc4c3O)cc2C)c(C)cc1N=Nc1cc(C)c(N=Nc2cc3c(S(=O)(=O)O)cccc3cc2S(=O)(=O)O)cc1C. The zero-order chi connectivity index (χ0) is 50.8. The summed E-state index contributed by atoms with van der Waals surface area (Å²) in [6, 6.07) is 33.3. The van der Waals surface area contributed by atoms with Crippen LogP contribution in [0.25, 0.3) is 21.5 Å². The summed E-state index contributed by atoms with van der Waals surface area (Å²) in [5.74, 6) is 0.703. The predicted octanol–water partition coefficient (Wildman–Crippen LogP) is 14.7. The molecule has 8 rings (SSSR count). The van der Waals surface area contributed by atoms with Gasteiger partial charge in [0.15, 0.2) is 12.5 Å². The fourth-order valence-electron chi connectivity index (χ4n) is 7.47. The second-order valence-corrected chi connectivity index (χ2v) is 19.5. The number of rotatable bonds is 14. The number of phenols is 1. The summed E-state index contributed by atoms with van der Waals surface area (Å²) in [6.07, 6.45) is 0. The van der Waals surface area contributed by atoms with E-state index in [4.69, 9.17) is 10.5 Å². The number of anilines is 2. The Morgan fingerprint density at radius 1 is 0.465 bits per heavy atom. The third-order valence-electron chi connectivity index (χ3n) is 11.4. The first-order chi connectivity index (χ1) is 33.7. The number of aromatic hydroxyl groups is 1. The highest BCUT2D eigenvalue weighted by Gasteiger charge is 2.21. The Balaban J connectivity index is 0.939. The van der Waals surface area contributed by atoms with Crippen molar-refractivity contribution < 1.29 is 35.8 Å². The van der Waals surface area contributed by atoms with E-state index in [-0.39, 0.29) is 28.9 Å². The normalized spacial score (nSPS) is 12.4. The molecule has 0 amide bonds. The van der Waals surface area contributed by atoms with Gasteiger partial charge in [-0.3, -0.25) is 9.11 Å². The standard InChI is InChI=1S/C51H46N10O8S2/c1-28-19-43(29(2)18-42(28)55-54-41-17-10-35-24-37(13-16-39(35)51(41)62)53-27-69-38-14-11-36(52)12-15-38)56-57-44-20-31(4)45(21-30(44)3)58-59-46-22-33(6)47(23-32(46)5)60-61-48-26-40-34(25-50(48)71(66,67)68)8-7-9-49(40)70(63,64)65/h7-26,53,62H,27,52H2,1-6H3,(H,63,64,65)(H,66,67,68). The number of hydrogen-bond donors (Lipinski definition) is 5. The maximum atomic E-state index is 12.3. The number of ether oxygens (including phenoxy) is 1. The molecule has 6 N–H and O–H groups in total. The number of phenolic OH excluding ortho intramolecular Hbond substituents is 1. The van der Waals surface area contributed by atoms with Gasteiger partial charge in [0.25, 0.3) is 20.2 Å². The Morgan fingerprint density at radius 3 is 1.37 bits per heavy atom. The fourth-order valence-corrected chi connectivity index (χ4v) is 8.81. The van der Waals surface area contributed by atoms with Crippen LogP contribution < -0.4 is 15.8 Å². The summed E-state index contributed by atoms with van der Waals surface area (Å²) in [7, 11) is -9.48. The van der Waals surface area contributed by atoms with Crippen LogP contribution in [0, 0.1) is 41.5 Å². The maximum Gasteiger partial charge on any atom is 0.296 e. The zero-order valence-corrected chi connectivity index (χ0v) is 40.7. The van der Waals surface area contributed by atoms with E-state index in [1.54, 1.807) is 56.3 Å². The Morgan fingerprint density at radius 2 is 0.901 bits per heavy atom. The molecular formula is C51H46N10O8S2. The average molecular weight is 991 g/mol. The molecule has 8 aromatic carbocycles. The van der Waals surface area contributed by atoms with Gasteiger partial charge >= 0.3 is 0 Å². The number of nitrogen functional groups attached to an aromatic ring is 1. The Kier molecular flexibility index (Phi) is 13.8. The molecule has 71 heavy (non-hydrogen) atoms. The van der Waals surface area contributed by atoms with Crippen LogP contribution in [0.5, 0.6) is 11.5 Å². The Bertz CT molecular complexity index is 3790. The lowest BCUT2D eigenvalue weighted by molar-refractivity contribution is 0.347. The van der Waals surface area contributed by atoms with Gasteiger partial charge in [-0.1, -0.05) is 18.2 Å². The van der Waals surface area contributed by atoms with Crippen LogP contribution in [0.2, 0.25) is 0 Å². The van der Waals surface area contributed by atoms with E-state index >= 15 is 0 Å². The van der Waals surface area contributed by atoms with Crippen molar-refractivity contribution in [2.24, 2.45) is 40.9 Å². The van der Waals surface area contributed by atoms with Crippen molar-refractivity contribution in [1.82, 2.24) is 0 Å². The molecule has 0 aliphatic heterocycles. The number of nitrogens with zero attached hydrogens (tertiary/aromatic N) is 8. The van der Waals surface area contributed by atoms with Gasteiger partial charge in [0.2, 0.25) is 0 Å². The number of aryl methyl sites for hydroxylation is 6. The summed E-state index contributed by atoms with van der Waals surface area (Å²) in [5, 5.41) is 51.2. The molecule has 0 atom stereocenters. The van der Waals surface area contributed by atoms with E-state index in [0.29, 0.717) is 67.8 Å². The van der Waals surface area contributed by atoms with E-state index in [0.717, 1.165) is 51.5 Å². The predicted molar refractivity (Wildman–Crippen MR) is 274 cm³/mol. The third kappa shape index (κ3) is 11.3. The van der Waals surface area contributed by atoms with Gasteiger partial charge < -0.3 is 20.9 Å². The number of benzene rings is 8. The van der Waals surface area contributed by atoms with Crippen LogP contribution in [0.15, 0.2) is 172 Å². The number of nitrogens with one attached hydrogen (secondary N) is 1. The van der Waals surface area contributed by atoms with E-state index < -0.39 is 30.0 Å². The third-order valence-corrected chi connectivity index (χ3v) is 13.2. The monoisotopic (exact) mass is 990 g/mol. The van der Waals surface area contributed by atoms with Gasteiger partial charge in [-0.2, -0.15) is 47.5 Å². The van der Waals surface area contributed by atoms with Crippen LogP contribution in [0.1, 0.15) is 33.4 Å². The molecule has 0 bridgehead atoms. The summed E-state index contributed by atoms with van der Waals surface area (Å²) < 4.78 is 74.1. The van der Waals surface area contributed by atoms with Crippen molar-refractivity contribution in [3.63, 3.8) is 0 Å². The summed E-state index contributed by atoms with van der Waals surface area (Å²) in [5.41, 5.74) is 15.1. The summed E-state index contributed by atoms with van der Waals surface area (Å²) >= 11 is 0. The van der Waals surface area contributed by atoms with Crippen LogP contribution in [-0.2, 0) is 20.2 Å². The molecule has 20 heteroatoms. The van der Waals surface area contributed by atoms with Gasteiger partial charge in [0.1, 0.15) is 26.9 Å². The molecular weight excluding hydrogens is 945 g/mol. The quantitative estimate of drug-likeness (QED) is 0.0297. The van der Waals surface area contributed by atoms with Crippen molar-refractivity contribution >= 4 is 98.7 Å². The minimum Gasteiger partial charge on any atom is -0.505 e. The van der Waals surface area contributed by atoms with Gasteiger partial charge in [-0.05, 0) is 189 Å². The molecule has 0 spiro atoms. The average Bonchev–Trinajstić information content (AvgIpc) is 3.32. The number of fused-ring (bicyclic) bond motifs is 2. The van der Waals surface area contributed by atoms with Crippen molar-refractivity contribution in [1.29, 1.82) is 0 Å². The van der Waals surface area contributed by atoms with Gasteiger partial charge in [0, 0.05) is 22.1 Å². The molecule has 0 aromatic heterocycles. The highest BCUT2D eigenvalue weighted by molar-refractivity contribution is 7.86. The lowest BCUT2D eigenvalue weighted by Gasteiger charge is -2.11. The van der Waals surface area contributed by atoms with Crippen molar-refractivity contribution in [2.75, 3.05) is 17.8 Å². The minimum absolute atomic E-state index is 0.0112. The molecule has 0 radical (unpaired) electrons. The first-order valence-corrected chi connectivity index (χ1v) is 24.6. The second-order valence-electron chi connectivity index (χ2n) is 16.7. The summed E-state index contributed by atoms with van der Waals surface area (Å²) in [4.78, 5) is -1.05. The first kappa shape index (κ1) is 49.1. The highest BCUT2D eigenvalue weighted by atomic mass is 32.2. The van der Waals surface area contributed by atoms with Crippen molar-refractivity contribution in [2.45, 2.75) is 51.3 Å². The van der Waals surface area contributed by atoms with Crippen LogP contribution >= 0.6 is 0 Å². The zero-order valence-electron chi connectivity index (χ0n) is 39.1. The smallest absolute Gasteiger partial charge is 0.296 e. The Labute approximate surface area is 408 Å². The van der Waals surface area contributed by atoms with Crippen LogP contribution in [-0.4, -0.2) is 37.8 Å². The first-order valence-electron chi connectivity index (χ1n) is 21.7. The lowest BCUT2D eigenvalue weighted by Crippen LogP contribution is -2.08. The molecule has 0 aliphatic rings.